The second-order valence-electron chi connectivity index (χ2n) is 2.97. The van der Waals surface area contributed by atoms with Gasteiger partial charge >= 0.3 is 0 Å². The predicted octanol–water partition coefficient (Wildman–Crippen LogP) is 0.386. The lowest BCUT2D eigenvalue weighted by Crippen LogP contribution is -2.21. The molecule has 1 rings (SSSR count). The zero-order valence-electron chi connectivity index (χ0n) is 5.75. The van der Waals surface area contributed by atoms with E-state index in [2.05, 4.69) is 6.92 Å². The van der Waals surface area contributed by atoms with E-state index in [1.165, 1.54) is 0 Å². The average molecular weight is 130 g/mol. The van der Waals surface area contributed by atoms with E-state index >= 15 is 0 Å². The van der Waals surface area contributed by atoms with Crippen molar-refractivity contribution >= 4 is 0 Å². The second kappa shape index (κ2) is 2.67. The summed E-state index contributed by atoms with van der Waals surface area (Å²) in [4.78, 5) is 0. The molecule has 1 unspecified atom stereocenters. The van der Waals surface area contributed by atoms with E-state index in [1.54, 1.807) is 0 Å². The van der Waals surface area contributed by atoms with E-state index in [9.17, 15) is 5.11 Å². The monoisotopic (exact) mass is 130 g/mol. The van der Waals surface area contributed by atoms with Crippen molar-refractivity contribution in [3.63, 3.8) is 0 Å². The first kappa shape index (κ1) is 7.03. The summed E-state index contributed by atoms with van der Waals surface area (Å²) in [7, 11) is 0. The first-order chi connectivity index (χ1) is 4.25. The smallest absolute Gasteiger partial charge is 0.0593 e. The Bertz CT molecular complexity index is 82.9. The number of aliphatic hydroxyl groups is 2. The van der Waals surface area contributed by atoms with Crippen LogP contribution in [0.2, 0.25) is 0 Å². The van der Waals surface area contributed by atoms with Crippen molar-refractivity contribution in [1.82, 2.24) is 0 Å². The largest absolute Gasteiger partial charge is 0.396 e. The molecule has 1 aliphatic carbocycles. The van der Waals surface area contributed by atoms with Gasteiger partial charge in [0.15, 0.2) is 0 Å². The third-order valence-electron chi connectivity index (χ3n) is 2.35. The van der Waals surface area contributed by atoms with Crippen molar-refractivity contribution in [3.05, 3.63) is 0 Å². The molecule has 0 aromatic carbocycles. The van der Waals surface area contributed by atoms with Gasteiger partial charge in [0.25, 0.3) is 0 Å². The van der Waals surface area contributed by atoms with Gasteiger partial charge in [0.2, 0.25) is 0 Å². The Balaban J connectivity index is 2.44. The van der Waals surface area contributed by atoms with Crippen molar-refractivity contribution in [1.29, 1.82) is 0 Å². The van der Waals surface area contributed by atoms with E-state index in [-0.39, 0.29) is 18.6 Å². The van der Waals surface area contributed by atoms with Crippen LogP contribution in [0, 0.1) is 11.8 Å². The summed E-state index contributed by atoms with van der Waals surface area (Å²) in [5.74, 6) is 0.648. The van der Waals surface area contributed by atoms with Crippen molar-refractivity contribution < 1.29 is 10.2 Å². The molecule has 0 saturated heterocycles. The van der Waals surface area contributed by atoms with Crippen LogP contribution in [-0.2, 0) is 0 Å². The molecule has 1 fully saturated rings. The summed E-state index contributed by atoms with van der Waals surface area (Å²) in [6.45, 7) is 2.22. The standard InChI is InChI=1S/C7H14O2/c1-5-2-3-7(9)6(5)4-8/h5-9H,2-4H2,1H3/t5?,6-,7+/m1/s1. The normalized spacial score (nSPS) is 43.7. The fraction of sp³-hybridized carbons (Fsp3) is 1.00. The van der Waals surface area contributed by atoms with Crippen LogP contribution >= 0.6 is 0 Å². The van der Waals surface area contributed by atoms with Gasteiger partial charge in [0, 0.05) is 12.5 Å². The molecule has 0 spiro atoms. The third-order valence-corrected chi connectivity index (χ3v) is 2.35. The van der Waals surface area contributed by atoms with Crippen LogP contribution in [-0.4, -0.2) is 22.9 Å². The molecule has 0 amide bonds. The zero-order chi connectivity index (χ0) is 6.85. The lowest BCUT2D eigenvalue weighted by atomic mass is 9.98. The molecule has 9 heavy (non-hydrogen) atoms. The minimum Gasteiger partial charge on any atom is -0.396 e. The fourth-order valence-electron chi connectivity index (χ4n) is 1.54. The number of aliphatic hydroxyl groups excluding tert-OH is 2. The molecule has 2 N–H and O–H groups in total. The first-order valence-electron chi connectivity index (χ1n) is 3.54. The Kier molecular flexibility index (Phi) is 2.09. The molecule has 3 atom stereocenters. The molecule has 0 heterocycles. The maximum atomic E-state index is 9.20. The van der Waals surface area contributed by atoms with Crippen LogP contribution in [0.3, 0.4) is 0 Å². The van der Waals surface area contributed by atoms with Gasteiger partial charge in [-0.05, 0) is 18.8 Å². The quantitative estimate of drug-likeness (QED) is 0.539. The van der Waals surface area contributed by atoms with E-state index in [0.717, 1.165) is 12.8 Å². The highest BCUT2D eigenvalue weighted by Gasteiger charge is 2.30. The van der Waals surface area contributed by atoms with Gasteiger partial charge in [-0.25, -0.2) is 0 Å². The number of hydrogen-bond acceptors (Lipinski definition) is 2. The lowest BCUT2D eigenvalue weighted by molar-refractivity contribution is 0.0755. The van der Waals surface area contributed by atoms with Crippen LogP contribution in [0.15, 0.2) is 0 Å². The van der Waals surface area contributed by atoms with Crippen LogP contribution in [0.5, 0.6) is 0 Å². The Morgan fingerprint density at radius 3 is 2.33 bits per heavy atom. The van der Waals surface area contributed by atoms with Gasteiger partial charge < -0.3 is 10.2 Å². The van der Waals surface area contributed by atoms with Gasteiger partial charge in [0.05, 0.1) is 6.10 Å². The summed E-state index contributed by atoms with van der Waals surface area (Å²) in [6.07, 6.45) is 1.68. The molecule has 0 radical (unpaired) electrons. The molecule has 0 bridgehead atoms. The Hall–Kier alpha value is -0.0800. The van der Waals surface area contributed by atoms with Gasteiger partial charge in [-0.3, -0.25) is 0 Å². The van der Waals surface area contributed by atoms with Crippen molar-refractivity contribution in [3.8, 4) is 0 Å². The van der Waals surface area contributed by atoms with E-state index in [4.69, 9.17) is 5.11 Å². The molecule has 2 heteroatoms. The average Bonchev–Trinajstić information content (AvgIpc) is 2.12. The van der Waals surface area contributed by atoms with Gasteiger partial charge in [-0.15, -0.1) is 0 Å². The second-order valence-corrected chi connectivity index (χ2v) is 2.97. The molecule has 2 nitrogen and oxygen atoms in total. The van der Waals surface area contributed by atoms with Gasteiger partial charge in [-0.2, -0.15) is 0 Å². The Labute approximate surface area is 55.5 Å². The van der Waals surface area contributed by atoms with Crippen LogP contribution in [0.4, 0.5) is 0 Å². The highest BCUT2D eigenvalue weighted by atomic mass is 16.3. The van der Waals surface area contributed by atoms with Gasteiger partial charge in [0.1, 0.15) is 0 Å². The predicted molar refractivity (Wildman–Crippen MR) is 35.0 cm³/mol. The summed E-state index contributed by atoms with van der Waals surface area (Å²) in [5, 5.41) is 17.9. The van der Waals surface area contributed by atoms with E-state index in [1.807, 2.05) is 0 Å². The molecular formula is C7H14O2. The topological polar surface area (TPSA) is 40.5 Å². The van der Waals surface area contributed by atoms with Crippen LogP contribution in [0.1, 0.15) is 19.8 Å². The molecular weight excluding hydrogens is 116 g/mol. The van der Waals surface area contributed by atoms with Crippen molar-refractivity contribution in [2.24, 2.45) is 11.8 Å². The van der Waals surface area contributed by atoms with Crippen LogP contribution in [0.25, 0.3) is 0 Å². The Morgan fingerprint density at radius 1 is 1.44 bits per heavy atom. The molecule has 0 aromatic heterocycles. The fourth-order valence-corrected chi connectivity index (χ4v) is 1.54. The molecule has 0 aromatic rings. The van der Waals surface area contributed by atoms with Gasteiger partial charge in [-0.1, -0.05) is 6.92 Å². The molecule has 1 aliphatic rings. The summed E-state index contributed by atoms with van der Waals surface area (Å²) in [5.41, 5.74) is 0. The maximum Gasteiger partial charge on any atom is 0.0593 e. The minimum absolute atomic E-state index is 0.141. The van der Waals surface area contributed by atoms with Crippen molar-refractivity contribution in [2.75, 3.05) is 6.61 Å². The highest BCUT2D eigenvalue weighted by Crippen LogP contribution is 2.30. The summed E-state index contributed by atoms with van der Waals surface area (Å²) in [6, 6.07) is 0. The molecule has 54 valence electrons. The van der Waals surface area contributed by atoms with Crippen LogP contribution < -0.4 is 0 Å². The lowest BCUT2D eigenvalue weighted by Gasteiger charge is -2.14. The minimum atomic E-state index is -0.245. The number of rotatable bonds is 1. The maximum absolute atomic E-state index is 9.20. The van der Waals surface area contributed by atoms with E-state index in [0.29, 0.717) is 5.92 Å². The van der Waals surface area contributed by atoms with E-state index < -0.39 is 0 Å². The SMILES string of the molecule is CC1CC[C@H](O)[C@@H]1CO. The zero-order valence-corrected chi connectivity index (χ0v) is 5.75. The highest BCUT2D eigenvalue weighted by molar-refractivity contribution is 4.81. The molecule has 0 aliphatic heterocycles. The Morgan fingerprint density at radius 2 is 2.11 bits per heavy atom. The van der Waals surface area contributed by atoms with Crippen molar-refractivity contribution in [2.45, 2.75) is 25.9 Å². The summed E-state index contributed by atoms with van der Waals surface area (Å²) < 4.78 is 0. The number of hydrogen-bond donors (Lipinski definition) is 2. The third kappa shape index (κ3) is 1.25. The molecule has 1 saturated carbocycles. The first-order valence-corrected chi connectivity index (χ1v) is 3.54. The summed E-state index contributed by atoms with van der Waals surface area (Å²) >= 11 is 0.